The molecule has 2 fully saturated rings. The van der Waals surface area contributed by atoms with Gasteiger partial charge in [-0.05, 0) is 67.4 Å². The Balaban J connectivity index is 1.11. The fraction of sp³-hybridized carbons (Fsp3) is 0.444. The van der Waals surface area contributed by atoms with Gasteiger partial charge in [-0.3, -0.25) is 9.59 Å². The lowest BCUT2D eigenvalue weighted by Crippen LogP contribution is -2.55. The van der Waals surface area contributed by atoms with E-state index in [-0.39, 0.29) is 30.4 Å². The van der Waals surface area contributed by atoms with E-state index in [0.717, 1.165) is 60.8 Å². The zero-order valence-corrected chi connectivity index (χ0v) is 26.4. The van der Waals surface area contributed by atoms with Crippen LogP contribution < -0.4 is 25.0 Å². The highest BCUT2D eigenvalue weighted by Crippen LogP contribution is 2.31. The SMILES string of the molecule is COc1ccc(CC(NC(=O)CC2NCc3ccccc32)C(=O)N2CCN(c3ccccc3OC3CCCN(C)C3)CC2)cc1. The number of hydrogen-bond donors (Lipinski definition) is 2. The van der Waals surface area contributed by atoms with Crippen LogP contribution in [0.4, 0.5) is 5.69 Å². The number of benzene rings is 3. The van der Waals surface area contributed by atoms with E-state index in [0.29, 0.717) is 32.6 Å². The van der Waals surface area contributed by atoms with Crippen molar-refractivity contribution in [2.24, 2.45) is 0 Å². The maximum atomic E-state index is 14.0. The molecule has 0 bridgehead atoms. The summed E-state index contributed by atoms with van der Waals surface area (Å²) in [4.78, 5) is 33.9. The lowest BCUT2D eigenvalue weighted by molar-refractivity contribution is -0.136. The quantitative estimate of drug-likeness (QED) is 0.361. The van der Waals surface area contributed by atoms with E-state index in [2.05, 4.69) is 51.7 Å². The standard InChI is InChI=1S/C36H45N5O4/c1-39-17-7-9-29(25-39)45-34-12-6-5-11-33(34)40-18-20-41(21-19-40)36(43)32(22-26-13-15-28(44-2)16-14-26)38-35(42)23-31-30-10-4-3-8-27(30)24-37-31/h3-6,8,10-16,29,31-32,37H,7,9,17-25H2,1-2H3,(H,38,42). The number of anilines is 1. The zero-order chi connectivity index (χ0) is 31.2. The summed E-state index contributed by atoms with van der Waals surface area (Å²) >= 11 is 0. The van der Waals surface area contributed by atoms with Gasteiger partial charge in [0.15, 0.2) is 0 Å². The van der Waals surface area contributed by atoms with E-state index >= 15 is 0 Å². The summed E-state index contributed by atoms with van der Waals surface area (Å²) in [7, 11) is 3.78. The van der Waals surface area contributed by atoms with Crippen LogP contribution in [0.2, 0.25) is 0 Å². The maximum Gasteiger partial charge on any atom is 0.245 e. The number of likely N-dealkylation sites (tertiary alicyclic amines) is 1. The van der Waals surface area contributed by atoms with Crippen LogP contribution in [0.1, 0.15) is 42.0 Å². The Kier molecular flexibility index (Phi) is 9.86. The number of piperidine rings is 1. The number of rotatable bonds is 10. The molecule has 45 heavy (non-hydrogen) atoms. The Morgan fingerprint density at radius 2 is 1.71 bits per heavy atom. The molecular weight excluding hydrogens is 566 g/mol. The van der Waals surface area contributed by atoms with Gasteiger partial charge in [0.2, 0.25) is 11.8 Å². The molecule has 3 heterocycles. The topological polar surface area (TPSA) is 86.4 Å². The van der Waals surface area contributed by atoms with Crippen LogP contribution in [0.25, 0.3) is 0 Å². The summed E-state index contributed by atoms with van der Waals surface area (Å²) < 4.78 is 11.8. The van der Waals surface area contributed by atoms with Crippen LogP contribution >= 0.6 is 0 Å². The van der Waals surface area contributed by atoms with Gasteiger partial charge in [0.25, 0.3) is 0 Å². The molecule has 3 aromatic rings. The van der Waals surface area contributed by atoms with Crippen molar-refractivity contribution in [1.82, 2.24) is 20.4 Å². The summed E-state index contributed by atoms with van der Waals surface area (Å²) in [6.07, 6.45) is 3.08. The largest absolute Gasteiger partial charge is 0.497 e. The molecule has 9 nitrogen and oxygen atoms in total. The number of carbonyl (C=O) groups excluding carboxylic acids is 2. The van der Waals surface area contributed by atoms with Crippen molar-refractivity contribution in [3.05, 3.63) is 89.5 Å². The van der Waals surface area contributed by atoms with Crippen LogP contribution in [0.3, 0.4) is 0 Å². The molecule has 3 atom stereocenters. The molecule has 3 aromatic carbocycles. The first-order chi connectivity index (χ1) is 22.0. The number of para-hydroxylation sites is 2. The predicted octanol–water partition coefficient (Wildman–Crippen LogP) is 3.78. The van der Waals surface area contributed by atoms with Gasteiger partial charge in [0, 0.05) is 58.2 Å². The number of likely N-dealkylation sites (N-methyl/N-ethyl adjacent to an activating group) is 1. The van der Waals surface area contributed by atoms with Gasteiger partial charge in [-0.25, -0.2) is 0 Å². The monoisotopic (exact) mass is 611 g/mol. The molecule has 6 rings (SSSR count). The average molecular weight is 612 g/mol. The van der Waals surface area contributed by atoms with E-state index in [1.807, 2.05) is 53.4 Å². The summed E-state index contributed by atoms with van der Waals surface area (Å²) in [5.41, 5.74) is 4.42. The van der Waals surface area contributed by atoms with E-state index in [4.69, 9.17) is 9.47 Å². The third kappa shape index (κ3) is 7.60. The second-order valence-corrected chi connectivity index (χ2v) is 12.4. The number of ether oxygens (including phenoxy) is 2. The highest BCUT2D eigenvalue weighted by atomic mass is 16.5. The van der Waals surface area contributed by atoms with Gasteiger partial charge in [0.05, 0.1) is 12.8 Å². The van der Waals surface area contributed by atoms with E-state index in [1.165, 1.54) is 5.56 Å². The molecule has 3 unspecified atom stereocenters. The van der Waals surface area contributed by atoms with E-state index < -0.39 is 6.04 Å². The van der Waals surface area contributed by atoms with Crippen LogP contribution in [-0.4, -0.2) is 87.2 Å². The van der Waals surface area contributed by atoms with Gasteiger partial charge in [-0.15, -0.1) is 0 Å². The van der Waals surface area contributed by atoms with Crippen molar-refractivity contribution in [2.75, 3.05) is 58.3 Å². The fourth-order valence-corrected chi connectivity index (χ4v) is 6.80. The molecule has 0 aromatic heterocycles. The molecule has 238 valence electrons. The minimum absolute atomic E-state index is 0.0478. The van der Waals surface area contributed by atoms with Gasteiger partial charge in [-0.2, -0.15) is 0 Å². The smallest absolute Gasteiger partial charge is 0.245 e. The first kappa shape index (κ1) is 30.9. The average Bonchev–Trinajstić information content (AvgIpc) is 3.47. The normalized spacial score (nSPS) is 20.8. The van der Waals surface area contributed by atoms with Gasteiger partial charge < -0.3 is 34.8 Å². The Hall–Kier alpha value is -4.08. The molecule has 3 aliphatic rings. The van der Waals surface area contributed by atoms with Crippen molar-refractivity contribution in [1.29, 1.82) is 0 Å². The second kappa shape index (κ2) is 14.3. The third-order valence-electron chi connectivity index (χ3n) is 9.26. The van der Waals surface area contributed by atoms with Crippen molar-refractivity contribution in [3.63, 3.8) is 0 Å². The van der Waals surface area contributed by atoms with Crippen molar-refractivity contribution < 1.29 is 19.1 Å². The summed E-state index contributed by atoms with van der Waals surface area (Å²) in [5, 5.41) is 6.56. The lowest BCUT2D eigenvalue weighted by Gasteiger charge is -2.39. The van der Waals surface area contributed by atoms with Gasteiger partial charge in [-0.1, -0.05) is 48.5 Å². The number of nitrogens with zero attached hydrogens (tertiary/aromatic N) is 3. The Bertz CT molecular complexity index is 1460. The van der Waals surface area contributed by atoms with Crippen LogP contribution in [0.15, 0.2) is 72.8 Å². The molecule has 0 saturated carbocycles. The molecule has 2 amide bonds. The number of amides is 2. The Labute approximate surface area is 266 Å². The molecule has 0 radical (unpaired) electrons. The van der Waals surface area contributed by atoms with Gasteiger partial charge >= 0.3 is 0 Å². The Morgan fingerprint density at radius 3 is 2.49 bits per heavy atom. The number of hydrogen-bond acceptors (Lipinski definition) is 7. The highest BCUT2D eigenvalue weighted by Gasteiger charge is 2.31. The fourth-order valence-electron chi connectivity index (χ4n) is 6.80. The van der Waals surface area contributed by atoms with Crippen molar-refractivity contribution >= 4 is 17.5 Å². The molecular formula is C36H45N5O4. The molecule has 0 spiro atoms. The number of fused-ring (bicyclic) bond motifs is 1. The van der Waals surface area contributed by atoms with Crippen molar-refractivity contribution in [3.8, 4) is 11.5 Å². The van der Waals surface area contributed by atoms with Crippen molar-refractivity contribution in [2.45, 2.75) is 50.4 Å². The number of nitrogens with one attached hydrogen (secondary N) is 2. The van der Waals surface area contributed by atoms with E-state index in [9.17, 15) is 9.59 Å². The summed E-state index contributed by atoms with van der Waals surface area (Å²) in [6, 6.07) is 23.4. The minimum atomic E-state index is -0.659. The number of methoxy groups -OCH3 is 1. The summed E-state index contributed by atoms with van der Waals surface area (Å²) in [5.74, 6) is 1.49. The molecule has 9 heteroatoms. The first-order valence-electron chi connectivity index (χ1n) is 16.2. The van der Waals surface area contributed by atoms with Gasteiger partial charge in [0.1, 0.15) is 23.6 Å². The number of carbonyl (C=O) groups is 2. The number of piperazine rings is 1. The maximum absolute atomic E-state index is 14.0. The van der Waals surface area contributed by atoms with Crippen LogP contribution in [0, 0.1) is 0 Å². The minimum Gasteiger partial charge on any atom is -0.497 e. The molecule has 3 aliphatic heterocycles. The predicted molar refractivity (Wildman–Crippen MR) is 176 cm³/mol. The van der Waals surface area contributed by atoms with Crippen LogP contribution in [0.5, 0.6) is 11.5 Å². The molecule has 2 N–H and O–H groups in total. The molecule has 2 saturated heterocycles. The highest BCUT2D eigenvalue weighted by molar-refractivity contribution is 5.88. The third-order valence-corrected chi connectivity index (χ3v) is 9.26. The zero-order valence-electron chi connectivity index (χ0n) is 26.4. The molecule has 0 aliphatic carbocycles. The lowest BCUT2D eigenvalue weighted by atomic mass is 10.0. The van der Waals surface area contributed by atoms with E-state index in [1.54, 1.807) is 7.11 Å². The second-order valence-electron chi connectivity index (χ2n) is 12.4. The first-order valence-corrected chi connectivity index (χ1v) is 16.2. The summed E-state index contributed by atoms with van der Waals surface area (Å²) in [6.45, 7) is 5.34. The van der Waals surface area contributed by atoms with Crippen LogP contribution in [-0.2, 0) is 22.6 Å². The Morgan fingerprint density at radius 1 is 0.956 bits per heavy atom.